The minimum atomic E-state index is -1.36. The predicted octanol–water partition coefficient (Wildman–Crippen LogP) is 7.64. The molecular weight excluding hydrogens is 615 g/mol. The van der Waals surface area contributed by atoms with Crippen molar-refractivity contribution in [1.82, 2.24) is 0 Å². The van der Waals surface area contributed by atoms with Gasteiger partial charge in [-0.3, -0.25) is 9.59 Å². The molecule has 2 aromatic carbocycles. The summed E-state index contributed by atoms with van der Waals surface area (Å²) in [5.74, 6) is -1.47. The first-order valence-electron chi connectivity index (χ1n) is 14.8. The molecule has 4 rings (SSSR count). The number of carbonyl (C=O) groups excluding carboxylic acids is 1. The molecule has 242 valence electrons. The number of benzene rings is 2. The molecular formula is C35H35FO9S. The molecule has 0 amide bonds. The maximum Gasteiger partial charge on any atom is 0.371 e. The molecule has 2 aromatic heterocycles. The fraction of sp³-hybridized carbons (Fsp3) is 0.286. The highest BCUT2D eigenvalue weighted by Crippen LogP contribution is 2.36. The number of ketones is 1. The number of phenolic OH excluding ortho intramolecular Hbond substituents is 1. The third-order valence-electron chi connectivity index (χ3n) is 7.11. The van der Waals surface area contributed by atoms with Crippen molar-refractivity contribution in [3.63, 3.8) is 0 Å². The lowest BCUT2D eigenvalue weighted by molar-refractivity contribution is 0.0662. The maximum absolute atomic E-state index is 13.6. The van der Waals surface area contributed by atoms with Gasteiger partial charge in [-0.1, -0.05) is 37.6 Å². The molecule has 0 spiro atoms. The average molecular weight is 651 g/mol. The van der Waals surface area contributed by atoms with Gasteiger partial charge in [0.05, 0.1) is 35.2 Å². The van der Waals surface area contributed by atoms with E-state index in [1.54, 1.807) is 30.4 Å². The van der Waals surface area contributed by atoms with Gasteiger partial charge in [-0.2, -0.15) is 4.39 Å². The van der Waals surface area contributed by atoms with Crippen molar-refractivity contribution in [3.05, 3.63) is 112 Å². The lowest BCUT2D eigenvalue weighted by atomic mass is 10.0. The van der Waals surface area contributed by atoms with Gasteiger partial charge in [0, 0.05) is 28.2 Å². The number of furan rings is 1. The Morgan fingerprint density at radius 3 is 2.61 bits per heavy atom. The zero-order valence-electron chi connectivity index (χ0n) is 25.4. The fourth-order valence-corrected chi connectivity index (χ4v) is 5.86. The summed E-state index contributed by atoms with van der Waals surface area (Å²) in [6, 6.07) is 9.23. The summed E-state index contributed by atoms with van der Waals surface area (Å²) in [5.41, 5.74) is 0.790. The number of fused-ring (bicyclic) bond motifs is 1. The second-order valence-corrected chi connectivity index (χ2v) is 11.8. The number of hydrogen-bond donors (Lipinski definition) is 3. The standard InChI is InChI=1S/C35H35FO9S/c1-3-10-26-28(15-14-24(21(2)37)34(26)40)43-16-9-7-5-4-6-8-11-31(33(39)22-17-32(36)44-20-22)46-23-12-13-25-27(38)19-30(35(41)42)45-29(25)18-23/h4,6,8,11-15,17-20,31,33,39-40H,3,5,7,9-10,16H2,1-2H3,(H,41,42)/b6-4-,11-8+/t31-,33+/m0/s1. The number of thioether (sulfide) groups is 1. The molecule has 0 radical (unpaired) electrons. The average Bonchev–Trinajstić information content (AvgIpc) is 3.46. The van der Waals surface area contributed by atoms with Crippen molar-refractivity contribution < 1.29 is 42.9 Å². The number of carboxylic acids is 1. The summed E-state index contributed by atoms with van der Waals surface area (Å²) in [6.45, 7) is 3.86. The van der Waals surface area contributed by atoms with Gasteiger partial charge in [-0.25, -0.2) is 4.79 Å². The van der Waals surface area contributed by atoms with Crippen LogP contribution in [0.5, 0.6) is 11.5 Å². The van der Waals surface area contributed by atoms with Crippen molar-refractivity contribution in [2.24, 2.45) is 0 Å². The zero-order valence-corrected chi connectivity index (χ0v) is 26.2. The van der Waals surface area contributed by atoms with E-state index in [4.69, 9.17) is 13.6 Å². The molecule has 0 fully saturated rings. The number of halogens is 1. The van der Waals surface area contributed by atoms with Gasteiger partial charge in [-0.05, 0) is 62.9 Å². The number of phenols is 1. The molecule has 2 atom stereocenters. The van der Waals surface area contributed by atoms with Crippen molar-refractivity contribution in [2.45, 2.75) is 62.2 Å². The summed E-state index contributed by atoms with van der Waals surface area (Å²) >= 11 is 1.22. The summed E-state index contributed by atoms with van der Waals surface area (Å²) in [6.07, 6.45) is 11.1. The van der Waals surface area contributed by atoms with E-state index >= 15 is 0 Å². The Hall–Kier alpha value is -4.61. The molecule has 0 unspecified atom stereocenters. The number of carboxylic acid groups (broad SMARTS) is 1. The van der Waals surface area contributed by atoms with Crippen LogP contribution < -0.4 is 10.2 Å². The highest BCUT2D eigenvalue weighted by atomic mass is 32.2. The van der Waals surface area contributed by atoms with Crippen LogP contribution in [-0.2, 0) is 6.42 Å². The van der Waals surface area contributed by atoms with Crippen LogP contribution in [0.1, 0.15) is 77.7 Å². The number of rotatable bonds is 16. The second kappa shape index (κ2) is 16.1. The molecule has 0 aliphatic rings. The van der Waals surface area contributed by atoms with Gasteiger partial charge < -0.3 is 28.9 Å². The van der Waals surface area contributed by atoms with Crippen LogP contribution in [0.3, 0.4) is 0 Å². The molecule has 0 bridgehead atoms. The number of ether oxygens (including phenoxy) is 1. The smallest absolute Gasteiger partial charge is 0.371 e. The Labute approximate surface area is 269 Å². The number of hydrogen-bond acceptors (Lipinski definition) is 9. The van der Waals surface area contributed by atoms with Gasteiger partial charge >= 0.3 is 5.97 Å². The van der Waals surface area contributed by atoms with E-state index in [-0.39, 0.29) is 28.1 Å². The summed E-state index contributed by atoms with van der Waals surface area (Å²) < 4.78 is 29.6. The van der Waals surface area contributed by atoms with Crippen LogP contribution in [0.4, 0.5) is 4.39 Å². The first-order chi connectivity index (χ1) is 22.1. The highest BCUT2D eigenvalue weighted by molar-refractivity contribution is 8.00. The van der Waals surface area contributed by atoms with Crippen LogP contribution in [0.25, 0.3) is 11.0 Å². The summed E-state index contributed by atoms with van der Waals surface area (Å²) in [4.78, 5) is 36.0. The van der Waals surface area contributed by atoms with Crippen LogP contribution in [0.2, 0.25) is 0 Å². The number of Topliss-reactive ketones (excluding diaryl/α,β-unsaturated/α-hetero) is 1. The lowest BCUT2D eigenvalue weighted by Crippen LogP contribution is -2.12. The third-order valence-corrected chi connectivity index (χ3v) is 8.33. The number of aliphatic hydroxyl groups excluding tert-OH is 1. The van der Waals surface area contributed by atoms with Crippen LogP contribution >= 0.6 is 11.8 Å². The molecule has 3 N–H and O–H groups in total. The normalized spacial score (nSPS) is 13.0. The number of aromatic hydroxyl groups is 1. The van der Waals surface area contributed by atoms with E-state index in [0.717, 1.165) is 44.1 Å². The van der Waals surface area contributed by atoms with Gasteiger partial charge in [0.1, 0.15) is 17.1 Å². The van der Waals surface area contributed by atoms with E-state index in [1.165, 1.54) is 30.8 Å². The number of unbranched alkanes of at least 4 members (excludes halogenated alkanes) is 2. The molecule has 11 heteroatoms. The quantitative estimate of drug-likeness (QED) is 0.0478. The van der Waals surface area contributed by atoms with Crippen LogP contribution in [0.15, 0.2) is 91.6 Å². The van der Waals surface area contributed by atoms with Crippen molar-refractivity contribution in [1.29, 1.82) is 0 Å². The Morgan fingerprint density at radius 1 is 1.11 bits per heavy atom. The maximum atomic E-state index is 13.6. The predicted molar refractivity (Wildman–Crippen MR) is 172 cm³/mol. The Balaban J connectivity index is 1.37. The molecule has 46 heavy (non-hydrogen) atoms. The van der Waals surface area contributed by atoms with E-state index in [9.17, 15) is 34.1 Å². The molecule has 0 saturated heterocycles. The van der Waals surface area contributed by atoms with E-state index < -0.39 is 34.5 Å². The Kier molecular flexibility index (Phi) is 12.0. The fourth-order valence-electron chi connectivity index (χ4n) is 4.77. The molecule has 4 aromatic rings. The van der Waals surface area contributed by atoms with Gasteiger partial charge in [-0.15, -0.1) is 11.8 Å². The Morgan fingerprint density at radius 2 is 1.91 bits per heavy atom. The number of aromatic carboxylic acids is 1. The SMILES string of the molecule is CCCc1c(OCCCC/C=C\C=C\[C@H](Sc2ccc3c(=O)cc(C(=O)O)oc3c2)[C@H](O)c2coc(F)c2)ccc(C(C)=O)c1O. The van der Waals surface area contributed by atoms with Crippen molar-refractivity contribution in [3.8, 4) is 11.5 Å². The summed E-state index contributed by atoms with van der Waals surface area (Å²) in [7, 11) is 0. The zero-order chi connectivity index (χ0) is 33.2. The minimum Gasteiger partial charge on any atom is -0.507 e. The van der Waals surface area contributed by atoms with Crippen LogP contribution in [-0.4, -0.2) is 38.9 Å². The van der Waals surface area contributed by atoms with E-state index in [1.807, 2.05) is 19.1 Å². The number of carbonyl (C=O) groups is 2. The number of allylic oxidation sites excluding steroid dienone is 3. The van der Waals surface area contributed by atoms with Gasteiger partial charge in [0.2, 0.25) is 5.76 Å². The Bertz CT molecular complexity index is 1800. The largest absolute Gasteiger partial charge is 0.507 e. The topological polar surface area (TPSA) is 147 Å². The first-order valence-corrected chi connectivity index (χ1v) is 15.7. The van der Waals surface area contributed by atoms with E-state index in [2.05, 4.69) is 0 Å². The van der Waals surface area contributed by atoms with E-state index in [0.29, 0.717) is 34.8 Å². The second-order valence-electron chi connectivity index (χ2n) is 10.6. The first kappa shape index (κ1) is 34.3. The highest BCUT2D eigenvalue weighted by Gasteiger charge is 2.23. The van der Waals surface area contributed by atoms with Crippen molar-refractivity contribution in [2.75, 3.05) is 6.61 Å². The van der Waals surface area contributed by atoms with Gasteiger partial charge in [0.15, 0.2) is 11.2 Å². The number of aliphatic hydroxyl groups is 1. The molecule has 0 saturated carbocycles. The van der Waals surface area contributed by atoms with Gasteiger partial charge in [0.25, 0.3) is 6.01 Å². The molecule has 0 aliphatic heterocycles. The molecule has 0 aliphatic carbocycles. The minimum absolute atomic E-state index is 0.0133. The lowest BCUT2D eigenvalue weighted by Gasteiger charge is -2.18. The molecule has 9 nitrogen and oxygen atoms in total. The van der Waals surface area contributed by atoms with Crippen molar-refractivity contribution >= 4 is 34.5 Å². The third kappa shape index (κ3) is 8.76. The monoisotopic (exact) mass is 650 g/mol. The molecule has 2 heterocycles. The summed E-state index contributed by atoms with van der Waals surface area (Å²) in [5, 5.41) is 30.4. The van der Waals surface area contributed by atoms with Crippen LogP contribution in [0, 0.1) is 6.01 Å².